The van der Waals surface area contributed by atoms with Gasteiger partial charge in [0.1, 0.15) is 18.7 Å². The molecule has 2 aromatic rings. The zero-order valence-electron chi connectivity index (χ0n) is 14.9. The Morgan fingerprint density at radius 3 is 2.62 bits per heavy atom. The van der Waals surface area contributed by atoms with Gasteiger partial charge in [0, 0.05) is 6.54 Å². The minimum atomic E-state index is -3.39. The fraction of sp³-hybridized carbons (Fsp3) is 0.471. The molecule has 1 aliphatic rings. The monoisotopic (exact) mass is 377 g/mol. The number of benzene rings is 1. The highest BCUT2D eigenvalue weighted by atomic mass is 32.2. The van der Waals surface area contributed by atoms with Gasteiger partial charge in [-0.1, -0.05) is 18.6 Å². The number of sulfonamides is 1. The minimum absolute atomic E-state index is 0.226. The van der Waals surface area contributed by atoms with E-state index in [2.05, 4.69) is 15.4 Å². The number of piperidine rings is 1. The number of nitrogens with one attached hydrogen (secondary N) is 1. The third-order valence-electron chi connectivity index (χ3n) is 4.62. The van der Waals surface area contributed by atoms with Gasteiger partial charge in [0.05, 0.1) is 18.0 Å². The van der Waals surface area contributed by atoms with Crippen molar-refractivity contribution in [3.05, 3.63) is 42.5 Å². The van der Waals surface area contributed by atoms with E-state index in [1.165, 1.54) is 10.6 Å². The van der Waals surface area contributed by atoms with E-state index in [-0.39, 0.29) is 11.9 Å². The Bertz CT molecular complexity index is 849. The molecule has 2 unspecified atom stereocenters. The second kappa shape index (κ2) is 7.55. The molecule has 1 aromatic carbocycles. The zero-order valence-corrected chi connectivity index (χ0v) is 15.7. The maximum absolute atomic E-state index is 12.7. The highest BCUT2D eigenvalue weighted by Gasteiger charge is 2.34. The maximum atomic E-state index is 12.7. The fourth-order valence-corrected chi connectivity index (χ4v) is 4.34. The predicted molar refractivity (Wildman–Crippen MR) is 97.1 cm³/mol. The molecule has 3 rings (SSSR count). The van der Waals surface area contributed by atoms with Crippen molar-refractivity contribution < 1.29 is 13.2 Å². The highest BCUT2D eigenvalue weighted by molar-refractivity contribution is 7.88. The van der Waals surface area contributed by atoms with Gasteiger partial charge in [0.15, 0.2) is 0 Å². The molecule has 2 atom stereocenters. The van der Waals surface area contributed by atoms with E-state index < -0.39 is 16.1 Å². The molecule has 0 saturated carbocycles. The lowest BCUT2D eigenvalue weighted by Gasteiger charge is -2.33. The van der Waals surface area contributed by atoms with E-state index in [1.54, 1.807) is 11.0 Å². The van der Waals surface area contributed by atoms with Crippen LogP contribution in [-0.4, -0.2) is 52.2 Å². The third kappa shape index (κ3) is 4.10. The zero-order chi connectivity index (χ0) is 18.7. The second-order valence-electron chi connectivity index (χ2n) is 6.55. The molecule has 1 fully saturated rings. The first-order valence-electron chi connectivity index (χ1n) is 8.58. The predicted octanol–water partition coefficient (Wildman–Crippen LogP) is 1.26. The summed E-state index contributed by atoms with van der Waals surface area (Å²) in [6.07, 6.45) is 6.43. The average molecular weight is 377 g/mol. The van der Waals surface area contributed by atoms with Crippen LogP contribution in [0.1, 0.15) is 37.8 Å². The molecule has 0 aliphatic carbocycles. The summed E-state index contributed by atoms with van der Waals surface area (Å²) >= 11 is 0. The first-order valence-corrected chi connectivity index (χ1v) is 10.4. The molecule has 8 nitrogen and oxygen atoms in total. The number of amides is 1. The summed E-state index contributed by atoms with van der Waals surface area (Å²) < 4.78 is 26.8. The van der Waals surface area contributed by atoms with Crippen molar-refractivity contribution in [2.24, 2.45) is 0 Å². The van der Waals surface area contributed by atoms with E-state index in [0.717, 1.165) is 30.3 Å². The summed E-state index contributed by atoms with van der Waals surface area (Å²) in [6, 6.07) is 6.77. The van der Waals surface area contributed by atoms with Gasteiger partial charge in [0.2, 0.25) is 15.9 Å². The van der Waals surface area contributed by atoms with Gasteiger partial charge in [-0.05, 0) is 37.5 Å². The summed E-state index contributed by atoms with van der Waals surface area (Å²) in [5, 5.41) is 7.02. The van der Waals surface area contributed by atoms with Crippen LogP contribution in [0.25, 0.3) is 5.69 Å². The first-order chi connectivity index (χ1) is 12.4. The SMILES string of the molecule is CC(NC(=O)C1CCCCN1S(C)(=O)=O)c1ccc(-n2cncn2)cc1. The summed E-state index contributed by atoms with van der Waals surface area (Å²) in [4.78, 5) is 16.6. The highest BCUT2D eigenvalue weighted by Crippen LogP contribution is 2.22. The van der Waals surface area contributed by atoms with Crippen LogP contribution in [-0.2, 0) is 14.8 Å². The van der Waals surface area contributed by atoms with Crippen molar-refractivity contribution in [2.75, 3.05) is 12.8 Å². The lowest BCUT2D eigenvalue weighted by Crippen LogP contribution is -2.51. The van der Waals surface area contributed by atoms with Crippen LogP contribution >= 0.6 is 0 Å². The van der Waals surface area contributed by atoms with Crippen molar-refractivity contribution in [3.8, 4) is 5.69 Å². The van der Waals surface area contributed by atoms with Gasteiger partial charge in [0.25, 0.3) is 0 Å². The van der Waals surface area contributed by atoms with E-state index >= 15 is 0 Å². The minimum Gasteiger partial charge on any atom is -0.348 e. The number of nitrogens with zero attached hydrogens (tertiary/aromatic N) is 4. The summed E-state index contributed by atoms with van der Waals surface area (Å²) in [5.74, 6) is -0.247. The Morgan fingerprint density at radius 1 is 1.27 bits per heavy atom. The molecule has 2 heterocycles. The molecule has 1 N–H and O–H groups in total. The number of carbonyl (C=O) groups excluding carboxylic acids is 1. The van der Waals surface area contributed by atoms with E-state index in [1.807, 2.05) is 31.2 Å². The Morgan fingerprint density at radius 2 is 2.00 bits per heavy atom. The smallest absolute Gasteiger partial charge is 0.238 e. The lowest BCUT2D eigenvalue weighted by atomic mass is 10.0. The van der Waals surface area contributed by atoms with Crippen LogP contribution in [0.2, 0.25) is 0 Å². The fourth-order valence-electron chi connectivity index (χ4n) is 3.21. The Kier molecular flexibility index (Phi) is 5.38. The molecular formula is C17H23N5O3S. The molecule has 140 valence electrons. The van der Waals surface area contributed by atoms with Gasteiger partial charge < -0.3 is 5.32 Å². The van der Waals surface area contributed by atoms with Crippen molar-refractivity contribution in [1.82, 2.24) is 24.4 Å². The molecule has 1 aliphatic heterocycles. The Hall–Kier alpha value is -2.26. The van der Waals surface area contributed by atoms with Crippen molar-refractivity contribution in [1.29, 1.82) is 0 Å². The van der Waals surface area contributed by atoms with Crippen LogP contribution in [0.4, 0.5) is 0 Å². The number of rotatable bonds is 5. The number of carbonyl (C=O) groups is 1. The van der Waals surface area contributed by atoms with Gasteiger partial charge in [-0.25, -0.2) is 18.1 Å². The van der Waals surface area contributed by atoms with Crippen molar-refractivity contribution >= 4 is 15.9 Å². The van der Waals surface area contributed by atoms with E-state index in [4.69, 9.17) is 0 Å². The van der Waals surface area contributed by atoms with Gasteiger partial charge in [-0.15, -0.1) is 0 Å². The molecule has 1 amide bonds. The molecule has 26 heavy (non-hydrogen) atoms. The largest absolute Gasteiger partial charge is 0.348 e. The van der Waals surface area contributed by atoms with Crippen molar-refractivity contribution in [3.63, 3.8) is 0 Å². The Labute approximate surface area is 153 Å². The van der Waals surface area contributed by atoms with E-state index in [9.17, 15) is 13.2 Å². The summed E-state index contributed by atoms with van der Waals surface area (Å²) in [7, 11) is -3.39. The molecule has 0 bridgehead atoms. The van der Waals surface area contributed by atoms with Crippen LogP contribution in [0.3, 0.4) is 0 Å². The number of hydrogen-bond donors (Lipinski definition) is 1. The molecular weight excluding hydrogens is 354 g/mol. The van der Waals surface area contributed by atoms with Gasteiger partial charge in [-0.2, -0.15) is 9.40 Å². The maximum Gasteiger partial charge on any atom is 0.238 e. The molecule has 9 heteroatoms. The number of hydrogen-bond acceptors (Lipinski definition) is 5. The lowest BCUT2D eigenvalue weighted by molar-refractivity contribution is -0.126. The summed E-state index contributed by atoms with van der Waals surface area (Å²) in [5.41, 5.74) is 1.81. The normalized spacial score (nSPS) is 19.8. The second-order valence-corrected chi connectivity index (χ2v) is 8.48. The first kappa shape index (κ1) is 18.5. The van der Waals surface area contributed by atoms with Gasteiger partial charge in [-0.3, -0.25) is 4.79 Å². The quantitative estimate of drug-likeness (QED) is 0.846. The van der Waals surface area contributed by atoms with Crippen LogP contribution < -0.4 is 5.32 Å². The number of aromatic nitrogens is 3. The van der Waals surface area contributed by atoms with Crippen LogP contribution in [0.15, 0.2) is 36.9 Å². The van der Waals surface area contributed by atoms with Crippen LogP contribution in [0.5, 0.6) is 0 Å². The topological polar surface area (TPSA) is 97.2 Å². The van der Waals surface area contributed by atoms with Crippen LogP contribution in [0, 0.1) is 0 Å². The van der Waals surface area contributed by atoms with E-state index in [0.29, 0.717) is 13.0 Å². The standard InChI is InChI=1S/C17H23N5O3S/c1-13(14-6-8-15(9-7-14)21-12-18-11-19-21)20-17(23)16-5-3-4-10-22(16)26(2,24)25/h6-9,11-13,16H,3-5,10H2,1-2H3,(H,20,23). The molecule has 0 spiro atoms. The third-order valence-corrected chi connectivity index (χ3v) is 5.91. The van der Waals surface area contributed by atoms with Crippen molar-refractivity contribution in [2.45, 2.75) is 38.3 Å². The molecule has 0 radical (unpaired) electrons. The average Bonchev–Trinajstić information content (AvgIpc) is 3.15. The summed E-state index contributed by atoms with van der Waals surface area (Å²) in [6.45, 7) is 2.29. The Balaban J connectivity index is 1.68. The molecule has 1 aromatic heterocycles. The van der Waals surface area contributed by atoms with Gasteiger partial charge >= 0.3 is 0 Å². The molecule has 1 saturated heterocycles.